The monoisotopic (exact) mass is 354 g/mol. The molecule has 0 aliphatic carbocycles. The number of benzene rings is 2. The van der Waals surface area contributed by atoms with Crippen LogP contribution in [-0.4, -0.2) is 28.9 Å². The standard InChI is InChI=1S/C21H22O5/c1-13(2)9-10-15-19(26-3)12-18(24)20(21(15)25)17(23)11-16(22)14-7-5-4-6-8-14/h4-9,12,24-25H,10-11H2,1-3H3. The van der Waals surface area contributed by atoms with Crippen molar-refractivity contribution in [2.75, 3.05) is 7.11 Å². The first-order valence-electron chi connectivity index (χ1n) is 8.21. The molecule has 0 bridgehead atoms. The fourth-order valence-electron chi connectivity index (χ4n) is 2.59. The van der Waals surface area contributed by atoms with Crippen LogP contribution >= 0.6 is 0 Å². The summed E-state index contributed by atoms with van der Waals surface area (Å²) in [7, 11) is 1.42. The van der Waals surface area contributed by atoms with Crippen LogP contribution in [0.1, 0.15) is 46.5 Å². The lowest BCUT2D eigenvalue weighted by Gasteiger charge is -2.14. The molecule has 0 saturated heterocycles. The highest BCUT2D eigenvalue weighted by atomic mass is 16.5. The number of hydrogen-bond acceptors (Lipinski definition) is 5. The summed E-state index contributed by atoms with van der Waals surface area (Å²) in [6.45, 7) is 3.82. The lowest BCUT2D eigenvalue weighted by Crippen LogP contribution is -2.10. The number of aromatic hydroxyl groups is 2. The van der Waals surface area contributed by atoms with E-state index in [0.717, 1.165) is 5.57 Å². The van der Waals surface area contributed by atoms with Crippen LogP contribution in [0.3, 0.4) is 0 Å². The molecule has 2 aromatic carbocycles. The minimum Gasteiger partial charge on any atom is -0.507 e. The van der Waals surface area contributed by atoms with E-state index in [1.165, 1.54) is 13.2 Å². The Bertz CT molecular complexity index is 846. The molecule has 5 nitrogen and oxygen atoms in total. The fourth-order valence-corrected chi connectivity index (χ4v) is 2.59. The number of methoxy groups -OCH3 is 1. The maximum absolute atomic E-state index is 12.6. The Balaban J connectivity index is 2.38. The predicted molar refractivity (Wildman–Crippen MR) is 99.2 cm³/mol. The van der Waals surface area contributed by atoms with E-state index in [1.54, 1.807) is 30.3 Å². The van der Waals surface area contributed by atoms with Crippen molar-refractivity contribution in [2.24, 2.45) is 0 Å². The number of ketones is 2. The van der Waals surface area contributed by atoms with Crippen molar-refractivity contribution in [3.63, 3.8) is 0 Å². The second-order valence-electron chi connectivity index (χ2n) is 6.17. The summed E-state index contributed by atoms with van der Waals surface area (Å²) in [4.78, 5) is 24.8. The van der Waals surface area contributed by atoms with Crippen LogP contribution in [0.2, 0.25) is 0 Å². The summed E-state index contributed by atoms with van der Waals surface area (Å²) in [6, 6.07) is 9.70. The van der Waals surface area contributed by atoms with Gasteiger partial charge in [-0.05, 0) is 20.3 Å². The van der Waals surface area contributed by atoms with Crippen LogP contribution in [0.25, 0.3) is 0 Å². The predicted octanol–water partition coefficient (Wildman–Crippen LogP) is 4.07. The van der Waals surface area contributed by atoms with Gasteiger partial charge in [-0.15, -0.1) is 0 Å². The Hall–Kier alpha value is -3.08. The lowest BCUT2D eigenvalue weighted by atomic mass is 9.96. The van der Waals surface area contributed by atoms with Crippen molar-refractivity contribution >= 4 is 11.6 Å². The van der Waals surface area contributed by atoms with Gasteiger partial charge in [-0.25, -0.2) is 0 Å². The smallest absolute Gasteiger partial charge is 0.178 e. The number of carbonyl (C=O) groups excluding carboxylic acids is 2. The molecule has 0 aliphatic rings. The highest BCUT2D eigenvalue weighted by Gasteiger charge is 2.24. The highest BCUT2D eigenvalue weighted by Crippen LogP contribution is 2.39. The highest BCUT2D eigenvalue weighted by molar-refractivity contribution is 6.15. The van der Waals surface area contributed by atoms with Crippen molar-refractivity contribution in [1.29, 1.82) is 0 Å². The van der Waals surface area contributed by atoms with Crippen LogP contribution < -0.4 is 4.74 Å². The van der Waals surface area contributed by atoms with E-state index in [1.807, 2.05) is 19.9 Å². The molecule has 0 radical (unpaired) electrons. The summed E-state index contributed by atoms with van der Waals surface area (Å²) in [5.41, 5.74) is 1.57. The third-order valence-electron chi connectivity index (χ3n) is 3.97. The van der Waals surface area contributed by atoms with Gasteiger partial charge >= 0.3 is 0 Å². The zero-order valence-corrected chi connectivity index (χ0v) is 15.1. The first-order valence-corrected chi connectivity index (χ1v) is 8.21. The van der Waals surface area contributed by atoms with Gasteiger partial charge in [-0.3, -0.25) is 9.59 Å². The number of carbonyl (C=O) groups is 2. The fraction of sp³-hybridized carbons (Fsp3) is 0.238. The van der Waals surface area contributed by atoms with Gasteiger partial charge in [0.1, 0.15) is 22.8 Å². The first kappa shape index (κ1) is 19.2. The Kier molecular flexibility index (Phi) is 6.17. The van der Waals surface area contributed by atoms with Gasteiger partial charge in [0.25, 0.3) is 0 Å². The summed E-state index contributed by atoms with van der Waals surface area (Å²) < 4.78 is 5.20. The summed E-state index contributed by atoms with van der Waals surface area (Å²) in [5, 5.41) is 20.7. The molecule has 5 heteroatoms. The molecule has 2 rings (SSSR count). The summed E-state index contributed by atoms with van der Waals surface area (Å²) in [6.07, 6.45) is 1.77. The Morgan fingerprint density at radius 3 is 2.31 bits per heavy atom. The second-order valence-corrected chi connectivity index (χ2v) is 6.17. The van der Waals surface area contributed by atoms with E-state index in [2.05, 4.69) is 0 Å². The van der Waals surface area contributed by atoms with Gasteiger partial charge in [0.15, 0.2) is 11.6 Å². The SMILES string of the molecule is COc1cc(O)c(C(=O)CC(=O)c2ccccc2)c(O)c1CC=C(C)C. The first-order chi connectivity index (χ1) is 12.3. The molecule has 2 N–H and O–H groups in total. The van der Waals surface area contributed by atoms with Crippen LogP contribution in [0, 0.1) is 0 Å². The molecule has 0 saturated carbocycles. The third-order valence-corrected chi connectivity index (χ3v) is 3.97. The zero-order valence-electron chi connectivity index (χ0n) is 15.1. The summed E-state index contributed by atoms with van der Waals surface area (Å²) >= 11 is 0. The van der Waals surface area contributed by atoms with Gasteiger partial charge in [-0.2, -0.15) is 0 Å². The van der Waals surface area contributed by atoms with E-state index in [4.69, 9.17) is 4.74 Å². The number of Topliss-reactive ketones (excluding diaryl/α,β-unsaturated/α-hetero) is 2. The van der Waals surface area contributed by atoms with Crippen molar-refractivity contribution in [3.05, 3.63) is 64.7 Å². The third kappa shape index (κ3) is 4.30. The molecule has 136 valence electrons. The van der Waals surface area contributed by atoms with E-state index >= 15 is 0 Å². The molecular formula is C21H22O5. The number of allylic oxidation sites excluding steroid dienone is 2. The Labute approximate surface area is 152 Å². The number of phenolic OH excluding ortho intramolecular Hbond substituents is 2. The number of phenols is 2. The van der Waals surface area contributed by atoms with Crippen LogP contribution in [-0.2, 0) is 6.42 Å². The molecule has 0 aliphatic heterocycles. The van der Waals surface area contributed by atoms with Gasteiger partial charge < -0.3 is 14.9 Å². The quantitative estimate of drug-likeness (QED) is 0.445. The molecule has 0 spiro atoms. The van der Waals surface area contributed by atoms with Gasteiger partial charge in [0.2, 0.25) is 0 Å². The molecule has 0 amide bonds. The number of ether oxygens (including phenoxy) is 1. The average Bonchev–Trinajstić information content (AvgIpc) is 2.60. The molecule has 0 atom stereocenters. The Morgan fingerprint density at radius 1 is 1.08 bits per heavy atom. The normalized spacial score (nSPS) is 10.3. The van der Waals surface area contributed by atoms with Crippen LogP contribution in [0.15, 0.2) is 48.0 Å². The molecule has 0 aromatic heterocycles. The summed E-state index contributed by atoms with van der Waals surface area (Å²) in [5.74, 6) is -1.51. The van der Waals surface area contributed by atoms with Gasteiger partial charge in [0.05, 0.1) is 13.5 Å². The van der Waals surface area contributed by atoms with E-state index in [9.17, 15) is 19.8 Å². The van der Waals surface area contributed by atoms with Crippen molar-refractivity contribution in [2.45, 2.75) is 26.7 Å². The molecule has 0 unspecified atom stereocenters. The molecule has 2 aromatic rings. The topological polar surface area (TPSA) is 83.8 Å². The number of rotatable bonds is 7. The lowest BCUT2D eigenvalue weighted by molar-refractivity contribution is 0.0891. The Morgan fingerprint density at radius 2 is 1.73 bits per heavy atom. The van der Waals surface area contributed by atoms with E-state index in [-0.39, 0.29) is 22.8 Å². The largest absolute Gasteiger partial charge is 0.507 e. The number of hydrogen-bond donors (Lipinski definition) is 2. The van der Waals surface area contributed by atoms with E-state index in [0.29, 0.717) is 17.5 Å². The van der Waals surface area contributed by atoms with Crippen molar-refractivity contribution in [1.82, 2.24) is 0 Å². The van der Waals surface area contributed by atoms with Gasteiger partial charge in [0, 0.05) is 17.2 Å². The van der Waals surface area contributed by atoms with Crippen molar-refractivity contribution < 1.29 is 24.5 Å². The molecule has 0 heterocycles. The van der Waals surface area contributed by atoms with Gasteiger partial charge in [-0.1, -0.05) is 42.0 Å². The molecule has 0 fully saturated rings. The van der Waals surface area contributed by atoms with E-state index < -0.39 is 18.0 Å². The maximum atomic E-state index is 12.6. The van der Waals surface area contributed by atoms with Crippen LogP contribution in [0.5, 0.6) is 17.2 Å². The molecular weight excluding hydrogens is 332 g/mol. The van der Waals surface area contributed by atoms with Crippen molar-refractivity contribution in [3.8, 4) is 17.2 Å². The average molecular weight is 354 g/mol. The molecule has 26 heavy (non-hydrogen) atoms. The second kappa shape index (κ2) is 8.34. The van der Waals surface area contributed by atoms with Crippen LogP contribution in [0.4, 0.5) is 0 Å². The zero-order chi connectivity index (χ0) is 19.3. The minimum absolute atomic E-state index is 0.257. The maximum Gasteiger partial charge on any atom is 0.178 e. The minimum atomic E-state index is -0.644.